The highest BCUT2D eigenvalue weighted by molar-refractivity contribution is 5.77. The molecule has 1 saturated heterocycles. The molecule has 3 aromatic heterocycles. The van der Waals surface area contributed by atoms with Gasteiger partial charge in [-0.1, -0.05) is 18.2 Å². The first kappa shape index (κ1) is 22.0. The minimum Gasteiger partial charge on any atom is -0.324 e. The van der Waals surface area contributed by atoms with Gasteiger partial charge < -0.3 is 10.6 Å². The van der Waals surface area contributed by atoms with Gasteiger partial charge in [-0.15, -0.1) is 0 Å². The van der Waals surface area contributed by atoms with E-state index >= 15 is 0 Å². The number of rotatable bonds is 6. The largest absolute Gasteiger partial charge is 0.324 e. The van der Waals surface area contributed by atoms with Gasteiger partial charge in [-0.2, -0.15) is 4.98 Å². The molecule has 1 atom stereocenters. The third-order valence-electron chi connectivity index (χ3n) is 7.02. The van der Waals surface area contributed by atoms with Crippen LogP contribution < -0.4 is 16.2 Å². The van der Waals surface area contributed by atoms with Crippen LogP contribution in [0, 0.1) is 0 Å². The highest BCUT2D eigenvalue weighted by Crippen LogP contribution is 2.39. The van der Waals surface area contributed by atoms with Crippen LogP contribution in [-0.4, -0.2) is 37.4 Å². The molecule has 2 aliphatic rings. The average Bonchev–Trinajstić information content (AvgIpc) is 3.69. The fraction of sp³-hybridized carbons (Fsp3) is 0.407. The van der Waals surface area contributed by atoms with E-state index in [1.807, 2.05) is 30.7 Å². The number of hydrogen-bond acceptors (Lipinski definition) is 6. The lowest BCUT2D eigenvalue weighted by Gasteiger charge is -2.23. The van der Waals surface area contributed by atoms with E-state index in [9.17, 15) is 4.79 Å². The number of nitrogens with one attached hydrogen (secondary N) is 2. The molecule has 0 amide bonds. The van der Waals surface area contributed by atoms with Crippen LogP contribution in [0.25, 0.3) is 16.9 Å². The van der Waals surface area contributed by atoms with E-state index in [2.05, 4.69) is 45.9 Å². The maximum atomic E-state index is 13.3. The summed E-state index contributed by atoms with van der Waals surface area (Å²) in [7, 11) is 0. The Labute approximate surface area is 204 Å². The lowest BCUT2D eigenvalue weighted by atomic mass is 9.92. The van der Waals surface area contributed by atoms with Crippen LogP contribution in [0.2, 0.25) is 0 Å². The molecule has 1 unspecified atom stereocenters. The summed E-state index contributed by atoms with van der Waals surface area (Å²) in [6, 6.07) is 14.5. The Kier molecular flexibility index (Phi) is 5.60. The maximum Gasteiger partial charge on any atom is 0.278 e. The first-order valence-electron chi connectivity index (χ1n) is 12.6. The molecular weight excluding hydrogens is 438 g/mol. The molecule has 1 aliphatic carbocycles. The van der Waals surface area contributed by atoms with E-state index in [-0.39, 0.29) is 11.6 Å². The van der Waals surface area contributed by atoms with Crippen molar-refractivity contribution in [1.82, 2.24) is 29.6 Å². The van der Waals surface area contributed by atoms with Gasteiger partial charge in [-0.25, -0.2) is 19.3 Å². The molecular formula is C27H31N7O. The van der Waals surface area contributed by atoms with Crippen LogP contribution in [0.5, 0.6) is 0 Å². The third-order valence-corrected chi connectivity index (χ3v) is 7.02. The van der Waals surface area contributed by atoms with Crippen molar-refractivity contribution in [2.24, 2.45) is 0 Å². The number of benzene rings is 1. The van der Waals surface area contributed by atoms with Crippen molar-refractivity contribution in [3.63, 3.8) is 0 Å². The number of aromatic nitrogens is 5. The van der Waals surface area contributed by atoms with Crippen molar-refractivity contribution in [1.29, 1.82) is 0 Å². The molecule has 1 aromatic carbocycles. The Morgan fingerprint density at radius 3 is 2.57 bits per heavy atom. The summed E-state index contributed by atoms with van der Waals surface area (Å²) < 4.78 is 3.56. The molecule has 0 spiro atoms. The van der Waals surface area contributed by atoms with Crippen molar-refractivity contribution in [2.45, 2.75) is 57.4 Å². The van der Waals surface area contributed by atoms with Gasteiger partial charge >= 0.3 is 0 Å². The van der Waals surface area contributed by atoms with E-state index in [0.29, 0.717) is 34.6 Å². The molecule has 0 bridgehead atoms. The second-order valence-electron chi connectivity index (χ2n) is 9.97. The van der Waals surface area contributed by atoms with Gasteiger partial charge in [0.05, 0.1) is 0 Å². The first-order chi connectivity index (χ1) is 17.1. The van der Waals surface area contributed by atoms with E-state index in [0.717, 1.165) is 24.5 Å². The average molecular weight is 470 g/mol. The molecule has 1 saturated carbocycles. The summed E-state index contributed by atoms with van der Waals surface area (Å²) in [5.41, 5.74) is 3.80. The number of hydrogen-bond donors (Lipinski definition) is 2. The second-order valence-corrected chi connectivity index (χ2v) is 9.97. The highest BCUT2D eigenvalue weighted by Gasteiger charge is 2.26. The summed E-state index contributed by atoms with van der Waals surface area (Å²) in [5, 5.41) is 7.29. The zero-order valence-electron chi connectivity index (χ0n) is 20.2. The van der Waals surface area contributed by atoms with E-state index in [1.165, 1.54) is 31.2 Å². The van der Waals surface area contributed by atoms with Crippen LogP contribution in [0.15, 0.2) is 53.5 Å². The van der Waals surface area contributed by atoms with Crippen molar-refractivity contribution in [2.75, 3.05) is 18.4 Å². The van der Waals surface area contributed by atoms with Crippen molar-refractivity contribution in [3.05, 3.63) is 70.3 Å². The quantitative estimate of drug-likeness (QED) is 0.427. The normalized spacial score (nSPS) is 18.3. The van der Waals surface area contributed by atoms with Crippen LogP contribution >= 0.6 is 0 Å². The van der Waals surface area contributed by atoms with E-state index < -0.39 is 0 Å². The second kappa shape index (κ2) is 8.92. The Morgan fingerprint density at radius 1 is 1.03 bits per heavy atom. The predicted octanol–water partition coefficient (Wildman–Crippen LogP) is 4.65. The van der Waals surface area contributed by atoms with Crippen LogP contribution in [0.4, 0.5) is 11.6 Å². The Bertz CT molecular complexity index is 1410. The highest BCUT2D eigenvalue weighted by atomic mass is 16.1. The maximum absolute atomic E-state index is 13.3. The Balaban J connectivity index is 1.36. The smallest absolute Gasteiger partial charge is 0.278 e. The molecule has 180 valence electrons. The summed E-state index contributed by atoms with van der Waals surface area (Å²) in [5.74, 6) is 2.26. The number of nitrogens with zero attached hydrogens (tertiary/aromatic N) is 5. The predicted molar refractivity (Wildman–Crippen MR) is 138 cm³/mol. The first-order valence-corrected chi connectivity index (χ1v) is 12.6. The molecule has 4 heterocycles. The number of piperidine rings is 1. The Hall–Kier alpha value is -3.52. The van der Waals surface area contributed by atoms with E-state index in [1.54, 1.807) is 10.9 Å². The number of fused-ring (bicyclic) bond motifs is 1. The van der Waals surface area contributed by atoms with Crippen LogP contribution in [0.3, 0.4) is 0 Å². The van der Waals surface area contributed by atoms with Crippen molar-refractivity contribution < 1.29 is 0 Å². The fourth-order valence-corrected chi connectivity index (χ4v) is 5.01. The third kappa shape index (κ3) is 4.23. The molecule has 8 heteroatoms. The number of anilines is 2. The zero-order chi connectivity index (χ0) is 23.9. The molecule has 2 N–H and O–H groups in total. The van der Waals surface area contributed by atoms with Gasteiger partial charge in [0, 0.05) is 36.1 Å². The lowest BCUT2D eigenvalue weighted by molar-refractivity contribution is 0.461. The van der Waals surface area contributed by atoms with Crippen molar-refractivity contribution >= 4 is 22.7 Å². The number of pyridine rings is 1. The van der Waals surface area contributed by atoms with Gasteiger partial charge in [0.25, 0.3) is 5.56 Å². The SMILES string of the molecule is CC(C)n1c(=O)c2cnc(Nc3ccc(C4CCCNC4)cc3)nc2n1-c1cccc(C2CC2)n1. The van der Waals surface area contributed by atoms with Gasteiger partial charge in [0.15, 0.2) is 11.5 Å². The van der Waals surface area contributed by atoms with Crippen LogP contribution in [0.1, 0.15) is 68.7 Å². The van der Waals surface area contributed by atoms with E-state index in [4.69, 9.17) is 9.97 Å². The topological polar surface area (TPSA) is 89.7 Å². The van der Waals surface area contributed by atoms with Gasteiger partial charge in [0.1, 0.15) is 5.39 Å². The zero-order valence-corrected chi connectivity index (χ0v) is 20.2. The fourth-order valence-electron chi connectivity index (χ4n) is 5.01. The standard InChI is InChI=1S/C27H31N7O/c1-17(2)33-26(35)22-16-29-27(30-21-12-10-18(11-13-21)20-5-4-14-28-15-20)32-25(22)34(33)24-7-3-6-23(31-24)19-8-9-19/h3,6-7,10-13,16-17,19-20,28H,4-5,8-9,14-15H2,1-2H3,(H,29,30,32). The van der Waals surface area contributed by atoms with Gasteiger partial charge in [-0.05, 0) is 81.8 Å². The van der Waals surface area contributed by atoms with Crippen molar-refractivity contribution in [3.8, 4) is 5.82 Å². The monoisotopic (exact) mass is 469 g/mol. The minimum atomic E-state index is -0.106. The summed E-state index contributed by atoms with van der Waals surface area (Å²) >= 11 is 0. The summed E-state index contributed by atoms with van der Waals surface area (Å²) in [4.78, 5) is 27.4. The van der Waals surface area contributed by atoms with Gasteiger partial charge in [-0.3, -0.25) is 4.79 Å². The minimum absolute atomic E-state index is 0.0543. The summed E-state index contributed by atoms with van der Waals surface area (Å²) in [6.45, 7) is 6.14. The molecule has 4 aromatic rings. The lowest BCUT2D eigenvalue weighted by Crippen LogP contribution is -2.28. The summed E-state index contributed by atoms with van der Waals surface area (Å²) in [6.07, 6.45) is 6.40. The van der Waals surface area contributed by atoms with Gasteiger partial charge in [0.2, 0.25) is 5.95 Å². The molecule has 8 nitrogen and oxygen atoms in total. The molecule has 1 aliphatic heterocycles. The molecule has 35 heavy (non-hydrogen) atoms. The molecule has 6 rings (SSSR count). The van der Waals surface area contributed by atoms with Crippen LogP contribution in [-0.2, 0) is 0 Å². The molecule has 0 radical (unpaired) electrons. The molecule has 2 fully saturated rings. The Morgan fingerprint density at radius 2 is 1.86 bits per heavy atom.